The first-order chi connectivity index (χ1) is 11.4. The first-order valence-electron chi connectivity index (χ1n) is 7.08. The third kappa shape index (κ3) is 5.33. The van der Waals surface area contributed by atoms with E-state index in [0.717, 1.165) is 10.0 Å². The molecule has 0 spiro atoms. The Morgan fingerprint density at radius 3 is 2.29 bits per heavy atom. The van der Waals surface area contributed by atoms with Crippen molar-refractivity contribution in [3.05, 3.63) is 58.6 Å². The molecule has 128 valence electrons. The summed E-state index contributed by atoms with van der Waals surface area (Å²) in [5.74, 6) is 0.347. The predicted molar refractivity (Wildman–Crippen MR) is 94.2 cm³/mol. The van der Waals surface area contributed by atoms with E-state index in [2.05, 4.69) is 26.0 Å². The van der Waals surface area contributed by atoms with Crippen LogP contribution in [0.3, 0.4) is 0 Å². The Morgan fingerprint density at radius 1 is 1.08 bits per heavy atom. The van der Waals surface area contributed by atoms with Crippen LogP contribution in [0.15, 0.2) is 57.9 Å². The number of rotatable bonds is 7. The Hall–Kier alpha value is -1.90. The normalized spacial score (nSPS) is 11.1. The minimum Gasteiger partial charge on any atom is -0.484 e. The molecule has 0 saturated heterocycles. The van der Waals surface area contributed by atoms with Crippen molar-refractivity contribution in [2.75, 3.05) is 13.7 Å². The van der Waals surface area contributed by atoms with Crippen LogP contribution in [0.1, 0.15) is 5.56 Å². The van der Waals surface area contributed by atoms with E-state index in [1.165, 1.54) is 19.2 Å². The van der Waals surface area contributed by atoms with Crippen molar-refractivity contribution in [1.82, 2.24) is 10.0 Å². The van der Waals surface area contributed by atoms with Gasteiger partial charge in [0.05, 0.1) is 4.90 Å². The van der Waals surface area contributed by atoms with E-state index in [4.69, 9.17) is 4.74 Å². The van der Waals surface area contributed by atoms with Crippen LogP contribution in [0, 0.1) is 0 Å². The standard InChI is InChI=1S/C16H17BrN2O4S/c1-18-24(21,22)15-8-2-12(3-9-15)10-19-16(20)11-23-14-6-4-13(17)5-7-14/h2-9,18H,10-11H2,1H3,(H,19,20). The van der Waals surface area contributed by atoms with Crippen LogP contribution in [0.5, 0.6) is 5.75 Å². The fourth-order valence-corrected chi connectivity index (χ4v) is 2.83. The summed E-state index contributed by atoms with van der Waals surface area (Å²) in [6, 6.07) is 13.5. The molecule has 2 rings (SSSR count). The molecule has 0 radical (unpaired) electrons. The maximum Gasteiger partial charge on any atom is 0.258 e. The largest absolute Gasteiger partial charge is 0.484 e. The number of nitrogens with one attached hydrogen (secondary N) is 2. The summed E-state index contributed by atoms with van der Waals surface area (Å²) in [6.45, 7) is 0.205. The fourth-order valence-electron chi connectivity index (χ4n) is 1.84. The number of benzene rings is 2. The topological polar surface area (TPSA) is 84.5 Å². The van der Waals surface area contributed by atoms with Gasteiger partial charge in [-0.15, -0.1) is 0 Å². The van der Waals surface area contributed by atoms with Crippen LogP contribution in [0.2, 0.25) is 0 Å². The lowest BCUT2D eigenvalue weighted by Crippen LogP contribution is -2.28. The van der Waals surface area contributed by atoms with Crippen molar-refractivity contribution >= 4 is 31.9 Å². The number of hydrogen-bond acceptors (Lipinski definition) is 4. The molecule has 6 nitrogen and oxygen atoms in total. The van der Waals surface area contributed by atoms with Crippen molar-refractivity contribution < 1.29 is 17.9 Å². The van der Waals surface area contributed by atoms with Crippen molar-refractivity contribution in [2.45, 2.75) is 11.4 Å². The van der Waals surface area contributed by atoms with E-state index >= 15 is 0 Å². The summed E-state index contributed by atoms with van der Waals surface area (Å²) in [4.78, 5) is 12.0. The van der Waals surface area contributed by atoms with E-state index in [0.29, 0.717) is 12.3 Å². The monoisotopic (exact) mass is 412 g/mol. The summed E-state index contributed by atoms with van der Waals surface area (Å²) in [5.41, 5.74) is 0.794. The number of sulfonamides is 1. The van der Waals surface area contributed by atoms with Gasteiger partial charge in [0.1, 0.15) is 5.75 Å². The molecule has 0 atom stereocenters. The van der Waals surface area contributed by atoms with Crippen molar-refractivity contribution in [3.8, 4) is 5.75 Å². The van der Waals surface area contributed by atoms with Gasteiger partial charge in [-0.3, -0.25) is 4.79 Å². The maximum atomic E-state index is 11.8. The summed E-state index contributed by atoms with van der Waals surface area (Å²) in [7, 11) is -2.09. The minimum absolute atomic E-state index is 0.0894. The second-order valence-corrected chi connectivity index (χ2v) is 7.67. The number of halogens is 1. The Bertz CT molecular complexity index is 790. The molecular formula is C16H17BrN2O4S. The summed E-state index contributed by atoms with van der Waals surface area (Å²) in [5, 5.41) is 2.71. The molecule has 0 aliphatic heterocycles. The molecule has 0 aromatic heterocycles. The number of amides is 1. The Morgan fingerprint density at radius 2 is 1.71 bits per heavy atom. The Balaban J connectivity index is 1.82. The number of ether oxygens (including phenoxy) is 1. The maximum absolute atomic E-state index is 11.8. The van der Waals surface area contributed by atoms with Crippen LogP contribution in [0.25, 0.3) is 0 Å². The van der Waals surface area contributed by atoms with Gasteiger partial charge >= 0.3 is 0 Å². The molecule has 0 fully saturated rings. The Kier molecular flexibility index (Phi) is 6.36. The average molecular weight is 413 g/mol. The summed E-state index contributed by atoms with van der Waals surface area (Å²) < 4.78 is 31.8. The average Bonchev–Trinajstić information content (AvgIpc) is 2.60. The number of carbonyl (C=O) groups is 1. The highest BCUT2D eigenvalue weighted by Crippen LogP contribution is 2.16. The van der Waals surface area contributed by atoms with Gasteiger partial charge in [-0.25, -0.2) is 13.1 Å². The van der Waals surface area contributed by atoms with Gasteiger partial charge in [-0.2, -0.15) is 0 Å². The molecule has 24 heavy (non-hydrogen) atoms. The SMILES string of the molecule is CNS(=O)(=O)c1ccc(CNC(=O)COc2ccc(Br)cc2)cc1. The van der Waals surface area contributed by atoms with Gasteiger partial charge in [0.25, 0.3) is 5.91 Å². The third-order valence-corrected chi connectivity index (χ3v) is 5.13. The summed E-state index contributed by atoms with van der Waals surface area (Å²) >= 11 is 3.32. The van der Waals surface area contributed by atoms with Gasteiger partial charge in [0.15, 0.2) is 6.61 Å². The van der Waals surface area contributed by atoms with Crippen molar-refractivity contribution in [2.24, 2.45) is 0 Å². The molecule has 0 bridgehead atoms. The summed E-state index contributed by atoms with van der Waals surface area (Å²) in [6.07, 6.45) is 0. The van der Waals surface area contributed by atoms with E-state index in [9.17, 15) is 13.2 Å². The van der Waals surface area contributed by atoms with Gasteiger partial charge in [-0.05, 0) is 49.0 Å². The van der Waals surface area contributed by atoms with Gasteiger partial charge in [-0.1, -0.05) is 28.1 Å². The third-order valence-electron chi connectivity index (χ3n) is 3.18. The van der Waals surface area contributed by atoms with Crippen molar-refractivity contribution in [3.63, 3.8) is 0 Å². The van der Waals surface area contributed by atoms with Crippen LogP contribution in [0.4, 0.5) is 0 Å². The molecule has 0 aliphatic carbocycles. The van der Waals surface area contributed by atoms with Gasteiger partial charge in [0, 0.05) is 11.0 Å². The van der Waals surface area contributed by atoms with Crippen LogP contribution in [-0.4, -0.2) is 28.0 Å². The molecule has 2 aromatic carbocycles. The first kappa shape index (κ1) is 18.4. The van der Waals surface area contributed by atoms with E-state index in [1.807, 2.05) is 12.1 Å². The molecule has 1 amide bonds. The molecule has 2 N–H and O–H groups in total. The predicted octanol–water partition coefficient (Wildman–Crippen LogP) is 2.05. The highest BCUT2D eigenvalue weighted by molar-refractivity contribution is 9.10. The smallest absolute Gasteiger partial charge is 0.258 e. The zero-order chi connectivity index (χ0) is 17.6. The highest BCUT2D eigenvalue weighted by Gasteiger charge is 2.10. The molecule has 0 heterocycles. The molecule has 2 aromatic rings. The first-order valence-corrected chi connectivity index (χ1v) is 9.36. The number of hydrogen-bond donors (Lipinski definition) is 2. The highest BCUT2D eigenvalue weighted by atomic mass is 79.9. The lowest BCUT2D eigenvalue weighted by Gasteiger charge is -2.08. The lowest BCUT2D eigenvalue weighted by molar-refractivity contribution is -0.123. The molecule has 0 saturated carbocycles. The van der Waals surface area contributed by atoms with Gasteiger partial charge < -0.3 is 10.1 Å². The van der Waals surface area contributed by atoms with E-state index in [1.54, 1.807) is 24.3 Å². The zero-order valence-electron chi connectivity index (χ0n) is 13.0. The fraction of sp³-hybridized carbons (Fsp3) is 0.188. The lowest BCUT2D eigenvalue weighted by atomic mass is 10.2. The second-order valence-electron chi connectivity index (χ2n) is 4.87. The van der Waals surface area contributed by atoms with E-state index < -0.39 is 10.0 Å². The molecule has 0 aliphatic rings. The van der Waals surface area contributed by atoms with Crippen LogP contribution < -0.4 is 14.8 Å². The molecular weight excluding hydrogens is 396 g/mol. The second kappa shape index (κ2) is 8.27. The van der Waals surface area contributed by atoms with Crippen LogP contribution >= 0.6 is 15.9 Å². The van der Waals surface area contributed by atoms with Gasteiger partial charge in [0.2, 0.25) is 10.0 Å². The minimum atomic E-state index is -3.45. The zero-order valence-corrected chi connectivity index (χ0v) is 15.4. The molecule has 8 heteroatoms. The number of carbonyl (C=O) groups excluding carboxylic acids is 1. The van der Waals surface area contributed by atoms with Crippen molar-refractivity contribution in [1.29, 1.82) is 0 Å². The van der Waals surface area contributed by atoms with E-state index in [-0.39, 0.29) is 17.4 Å². The Labute approximate surface area is 149 Å². The van der Waals surface area contributed by atoms with Crippen LogP contribution in [-0.2, 0) is 21.4 Å². The molecule has 0 unspecified atom stereocenters. The quantitative estimate of drug-likeness (QED) is 0.728.